The lowest BCUT2D eigenvalue weighted by Crippen LogP contribution is -2.19. The minimum absolute atomic E-state index is 0.182. The van der Waals surface area contributed by atoms with E-state index < -0.39 is 5.97 Å². The molecule has 0 aliphatic carbocycles. The zero-order chi connectivity index (χ0) is 14.8. The zero-order valence-electron chi connectivity index (χ0n) is 12.3. The number of carbonyl (C=O) groups is 1. The molecule has 0 aromatic carbocycles. The van der Waals surface area contributed by atoms with E-state index in [1.54, 1.807) is 12.1 Å². The fraction of sp³-hybridized carbons (Fsp3) is 0.600. The van der Waals surface area contributed by atoms with Gasteiger partial charge in [0, 0.05) is 30.2 Å². The van der Waals surface area contributed by atoms with Gasteiger partial charge in [-0.15, -0.1) is 0 Å². The van der Waals surface area contributed by atoms with Crippen molar-refractivity contribution in [2.24, 2.45) is 5.92 Å². The number of nitrogens with one attached hydrogen (secondary N) is 1. The fourth-order valence-corrected chi connectivity index (χ4v) is 2.12. The van der Waals surface area contributed by atoms with Gasteiger partial charge in [-0.1, -0.05) is 20.8 Å². The van der Waals surface area contributed by atoms with Crippen LogP contribution in [0.1, 0.15) is 43.2 Å². The third kappa shape index (κ3) is 3.70. The Labute approximate surface area is 119 Å². The van der Waals surface area contributed by atoms with Crippen molar-refractivity contribution in [3.05, 3.63) is 23.4 Å². The number of hydrogen-bond donors (Lipinski definition) is 2. The first-order valence-corrected chi connectivity index (χ1v) is 6.94. The molecule has 1 fully saturated rings. The average molecular weight is 278 g/mol. The molecule has 1 aromatic heterocycles. The Morgan fingerprint density at radius 2 is 2.25 bits per heavy atom. The van der Waals surface area contributed by atoms with E-state index in [0.717, 1.165) is 31.9 Å². The van der Waals surface area contributed by atoms with E-state index in [0.29, 0.717) is 11.7 Å². The summed E-state index contributed by atoms with van der Waals surface area (Å²) in [6, 6.07) is 3.24. The van der Waals surface area contributed by atoms with Gasteiger partial charge in [0.05, 0.1) is 12.2 Å². The van der Waals surface area contributed by atoms with Crippen molar-refractivity contribution in [2.45, 2.75) is 32.6 Å². The summed E-state index contributed by atoms with van der Waals surface area (Å²) in [5.41, 5.74) is 0.871. The summed E-state index contributed by atoms with van der Waals surface area (Å²) in [6.45, 7) is 8.40. The highest BCUT2D eigenvalue weighted by molar-refractivity contribution is 5.88. The third-order valence-corrected chi connectivity index (χ3v) is 3.44. The van der Waals surface area contributed by atoms with E-state index in [2.05, 4.69) is 10.3 Å². The number of pyridine rings is 1. The normalized spacial score (nSPS) is 19.1. The van der Waals surface area contributed by atoms with Gasteiger partial charge in [0.25, 0.3) is 0 Å². The van der Waals surface area contributed by atoms with Crippen LogP contribution in [-0.2, 0) is 10.2 Å². The van der Waals surface area contributed by atoms with Gasteiger partial charge in [-0.2, -0.15) is 0 Å². The number of nitrogens with zero attached hydrogens (tertiary/aromatic N) is 1. The highest BCUT2D eigenvalue weighted by Gasteiger charge is 2.20. The maximum absolute atomic E-state index is 11.2. The summed E-state index contributed by atoms with van der Waals surface area (Å²) < 4.78 is 5.33. The van der Waals surface area contributed by atoms with Crippen LogP contribution in [-0.4, -0.2) is 35.8 Å². The molecule has 1 aromatic rings. The summed E-state index contributed by atoms with van der Waals surface area (Å²) in [4.78, 5) is 15.8. The Balaban J connectivity index is 2.17. The van der Waals surface area contributed by atoms with Crippen LogP contribution in [0.3, 0.4) is 0 Å². The Kier molecular flexibility index (Phi) is 4.28. The maximum Gasteiger partial charge on any atom is 0.335 e. The van der Waals surface area contributed by atoms with Gasteiger partial charge < -0.3 is 15.2 Å². The Morgan fingerprint density at radius 3 is 2.80 bits per heavy atom. The number of carboxylic acid groups (broad SMARTS) is 1. The molecule has 5 heteroatoms. The highest BCUT2D eigenvalue weighted by atomic mass is 16.5. The molecule has 1 saturated heterocycles. The minimum Gasteiger partial charge on any atom is -0.478 e. The van der Waals surface area contributed by atoms with E-state index in [-0.39, 0.29) is 11.0 Å². The summed E-state index contributed by atoms with van der Waals surface area (Å²) in [7, 11) is 0. The zero-order valence-corrected chi connectivity index (χ0v) is 12.3. The molecule has 0 amide bonds. The number of aromatic nitrogens is 1. The lowest BCUT2D eigenvalue weighted by molar-refractivity contribution is 0.0696. The first-order valence-electron chi connectivity index (χ1n) is 6.94. The number of ether oxygens (including phenoxy) is 1. The van der Waals surface area contributed by atoms with Gasteiger partial charge in [-0.25, -0.2) is 9.78 Å². The van der Waals surface area contributed by atoms with E-state index in [4.69, 9.17) is 4.74 Å². The van der Waals surface area contributed by atoms with E-state index >= 15 is 0 Å². The molecule has 1 aliphatic rings. The highest BCUT2D eigenvalue weighted by Crippen LogP contribution is 2.24. The van der Waals surface area contributed by atoms with Gasteiger partial charge in [0.1, 0.15) is 5.82 Å². The molecule has 2 heterocycles. The second kappa shape index (κ2) is 5.79. The van der Waals surface area contributed by atoms with Crippen molar-refractivity contribution in [2.75, 3.05) is 25.1 Å². The summed E-state index contributed by atoms with van der Waals surface area (Å²) >= 11 is 0. The number of hydrogen-bond acceptors (Lipinski definition) is 4. The SMILES string of the molecule is CC(C)(C)c1cc(C(=O)O)cc(NCC2CCOC2)n1. The largest absolute Gasteiger partial charge is 0.478 e. The van der Waals surface area contributed by atoms with Crippen molar-refractivity contribution in [1.82, 2.24) is 4.98 Å². The molecule has 5 nitrogen and oxygen atoms in total. The molecular weight excluding hydrogens is 256 g/mol. The quantitative estimate of drug-likeness (QED) is 0.885. The van der Waals surface area contributed by atoms with Crippen molar-refractivity contribution in [3.63, 3.8) is 0 Å². The smallest absolute Gasteiger partial charge is 0.335 e. The van der Waals surface area contributed by atoms with Gasteiger partial charge in [-0.3, -0.25) is 0 Å². The predicted octanol–water partition coefficient (Wildman–Crippen LogP) is 2.53. The van der Waals surface area contributed by atoms with Gasteiger partial charge >= 0.3 is 5.97 Å². The van der Waals surface area contributed by atoms with Gasteiger partial charge in [0.15, 0.2) is 0 Å². The van der Waals surface area contributed by atoms with Gasteiger partial charge in [-0.05, 0) is 18.6 Å². The average Bonchev–Trinajstić information content (AvgIpc) is 2.88. The molecular formula is C15H22N2O3. The molecule has 110 valence electrons. The Hall–Kier alpha value is -1.62. The van der Waals surface area contributed by atoms with Gasteiger partial charge in [0.2, 0.25) is 0 Å². The van der Waals surface area contributed by atoms with Crippen molar-refractivity contribution in [1.29, 1.82) is 0 Å². The molecule has 0 radical (unpaired) electrons. The summed E-state index contributed by atoms with van der Waals surface area (Å²) in [5, 5.41) is 12.4. The van der Waals surface area contributed by atoms with Crippen molar-refractivity contribution in [3.8, 4) is 0 Å². The summed E-state index contributed by atoms with van der Waals surface area (Å²) in [5.74, 6) is 0.176. The molecule has 20 heavy (non-hydrogen) atoms. The molecule has 1 aliphatic heterocycles. The Morgan fingerprint density at radius 1 is 1.50 bits per heavy atom. The molecule has 0 spiro atoms. The first-order chi connectivity index (χ1) is 9.36. The number of anilines is 1. The van der Waals surface area contributed by atoms with E-state index in [1.165, 1.54) is 0 Å². The number of carboxylic acids is 1. The topological polar surface area (TPSA) is 71.5 Å². The van der Waals surface area contributed by atoms with Crippen LogP contribution in [0.15, 0.2) is 12.1 Å². The van der Waals surface area contributed by atoms with Crippen LogP contribution in [0.5, 0.6) is 0 Å². The second-order valence-electron chi connectivity index (χ2n) is 6.29. The lowest BCUT2D eigenvalue weighted by atomic mass is 9.90. The standard InChI is InChI=1S/C15H22N2O3/c1-15(2,3)12-6-11(14(18)19)7-13(17-12)16-8-10-4-5-20-9-10/h6-7,10H,4-5,8-9H2,1-3H3,(H,16,17)(H,18,19). The Bertz CT molecular complexity index is 488. The van der Waals surface area contributed by atoms with Crippen LogP contribution in [0, 0.1) is 5.92 Å². The minimum atomic E-state index is -0.926. The van der Waals surface area contributed by atoms with Crippen molar-refractivity contribution < 1.29 is 14.6 Å². The molecule has 1 unspecified atom stereocenters. The molecule has 0 saturated carbocycles. The van der Waals surface area contributed by atoms with E-state index in [1.807, 2.05) is 20.8 Å². The van der Waals surface area contributed by atoms with Crippen LogP contribution >= 0.6 is 0 Å². The molecule has 2 N–H and O–H groups in total. The van der Waals surface area contributed by atoms with Crippen LogP contribution in [0.25, 0.3) is 0 Å². The van der Waals surface area contributed by atoms with Crippen molar-refractivity contribution >= 4 is 11.8 Å². The van der Waals surface area contributed by atoms with E-state index in [9.17, 15) is 9.90 Å². The lowest BCUT2D eigenvalue weighted by Gasteiger charge is -2.20. The number of rotatable bonds is 4. The van der Waals surface area contributed by atoms with Crippen LogP contribution in [0.4, 0.5) is 5.82 Å². The molecule has 1 atom stereocenters. The third-order valence-electron chi connectivity index (χ3n) is 3.44. The maximum atomic E-state index is 11.2. The predicted molar refractivity (Wildman–Crippen MR) is 77.3 cm³/mol. The van der Waals surface area contributed by atoms with Crippen LogP contribution < -0.4 is 5.32 Å². The fourth-order valence-electron chi connectivity index (χ4n) is 2.12. The molecule has 2 rings (SSSR count). The second-order valence-corrected chi connectivity index (χ2v) is 6.29. The molecule has 0 bridgehead atoms. The number of aromatic carboxylic acids is 1. The summed E-state index contributed by atoms with van der Waals surface area (Å²) in [6.07, 6.45) is 1.04. The van der Waals surface area contributed by atoms with Crippen LogP contribution in [0.2, 0.25) is 0 Å². The monoisotopic (exact) mass is 278 g/mol. The first kappa shape index (κ1) is 14.8.